The predicted octanol–water partition coefficient (Wildman–Crippen LogP) is 3.15. The van der Waals surface area contributed by atoms with Crippen molar-refractivity contribution in [1.29, 1.82) is 0 Å². The zero-order valence-electron chi connectivity index (χ0n) is 12.8. The molecular weight excluding hydrogens is 274 g/mol. The number of benzene rings is 2. The number of H-pyrrole nitrogens is 1. The smallest absolute Gasteiger partial charge is 0.126 e. The molecule has 0 bridgehead atoms. The van der Waals surface area contributed by atoms with Crippen LogP contribution in [0.2, 0.25) is 0 Å². The number of hydrogen-bond donors (Lipinski definition) is 1. The molecule has 0 aliphatic carbocycles. The second-order valence-electron chi connectivity index (χ2n) is 5.88. The topological polar surface area (TPSA) is 41.1 Å². The standard InChI is InChI=1S/C18H19N3O/c1-21-8-7-12-5-3-4-6-14(12)18(21)15-9-13-11-19-20-16(13)10-17(15)22-2/h3-6,9-11,18H,7-8H2,1-2H3,(H,19,20). The lowest BCUT2D eigenvalue weighted by Gasteiger charge is -2.35. The van der Waals surface area contributed by atoms with Crippen LogP contribution in [0.25, 0.3) is 10.9 Å². The van der Waals surface area contributed by atoms with Gasteiger partial charge in [0, 0.05) is 23.6 Å². The maximum Gasteiger partial charge on any atom is 0.126 e. The first-order valence-corrected chi connectivity index (χ1v) is 7.57. The number of hydrogen-bond acceptors (Lipinski definition) is 3. The van der Waals surface area contributed by atoms with Crippen LogP contribution in [0.5, 0.6) is 5.75 Å². The van der Waals surface area contributed by atoms with Crippen LogP contribution in [0.1, 0.15) is 22.7 Å². The first-order valence-electron chi connectivity index (χ1n) is 7.57. The van der Waals surface area contributed by atoms with E-state index in [1.54, 1.807) is 7.11 Å². The molecular formula is C18H19N3O. The zero-order chi connectivity index (χ0) is 15.1. The van der Waals surface area contributed by atoms with Crippen LogP contribution in [-0.2, 0) is 6.42 Å². The first kappa shape index (κ1) is 13.3. The molecule has 1 aliphatic rings. The zero-order valence-corrected chi connectivity index (χ0v) is 12.8. The number of fused-ring (bicyclic) bond motifs is 2. The molecule has 4 nitrogen and oxygen atoms in total. The van der Waals surface area contributed by atoms with Crippen LogP contribution in [-0.4, -0.2) is 35.8 Å². The lowest BCUT2D eigenvalue weighted by atomic mass is 9.88. The van der Waals surface area contributed by atoms with E-state index in [1.807, 2.05) is 12.3 Å². The highest BCUT2D eigenvalue weighted by Gasteiger charge is 2.28. The summed E-state index contributed by atoms with van der Waals surface area (Å²) in [6.07, 6.45) is 2.96. The second-order valence-corrected chi connectivity index (χ2v) is 5.88. The summed E-state index contributed by atoms with van der Waals surface area (Å²) in [5.74, 6) is 0.908. The molecule has 0 saturated carbocycles. The van der Waals surface area contributed by atoms with Crippen molar-refractivity contribution in [2.75, 3.05) is 20.7 Å². The predicted molar refractivity (Wildman–Crippen MR) is 87.3 cm³/mol. The van der Waals surface area contributed by atoms with Crippen LogP contribution in [0.15, 0.2) is 42.6 Å². The van der Waals surface area contributed by atoms with Crippen LogP contribution >= 0.6 is 0 Å². The van der Waals surface area contributed by atoms with Crippen LogP contribution in [0.3, 0.4) is 0 Å². The number of nitrogens with zero attached hydrogens (tertiary/aromatic N) is 2. The Kier molecular flexibility index (Phi) is 3.12. The molecule has 0 fully saturated rings. The highest BCUT2D eigenvalue weighted by Crippen LogP contribution is 2.39. The van der Waals surface area contributed by atoms with Gasteiger partial charge in [-0.15, -0.1) is 0 Å². The Bertz CT molecular complexity index is 824. The van der Waals surface area contributed by atoms with E-state index in [9.17, 15) is 0 Å². The highest BCUT2D eigenvalue weighted by molar-refractivity contribution is 5.81. The monoisotopic (exact) mass is 293 g/mol. The van der Waals surface area contributed by atoms with Crippen molar-refractivity contribution in [2.45, 2.75) is 12.5 Å². The van der Waals surface area contributed by atoms with Crippen molar-refractivity contribution in [3.05, 3.63) is 59.3 Å². The molecule has 1 N–H and O–H groups in total. The van der Waals surface area contributed by atoms with E-state index in [0.29, 0.717) is 0 Å². The summed E-state index contributed by atoms with van der Waals surface area (Å²) >= 11 is 0. The van der Waals surface area contributed by atoms with Crippen molar-refractivity contribution < 1.29 is 4.74 Å². The third-order valence-electron chi connectivity index (χ3n) is 4.61. The second kappa shape index (κ2) is 5.14. The summed E-state index contributed by atoms with van der Waals surface area (Å²) < 4.78 is 5.66. The fraction of sp³-hybridized carbons (Fsp3) is 0.278. The molecule has 0 radical (unpaired) electrons. The Morgan fingerprint density at radius 2 is 2.09 bits per heavy atom. The van der Waals surface area contributed by atoms with Gasteiger partial charge in [-0.25, -0.2) is 0 Å². The van der Waals surface area contributed by atoms with Gasteiger partial charge in [-0.2, -0.15) is 5.10 Å². The summed E-state index contributed by atoms with van der Waals surface area (Å²) in [5.41, 5.74) is 5.01. The number of likely N-dealkylation sites (N-methyl/N-ethyl adjacent to an activating group) is 1. The van der Waals surface area contributed by atoms with Gasteiger partial charge < -0.3 is 4.74 Å². The normalized spacial score (nSPS) is 18.4. The van der Waals surface area contributed by atoms with E-state index in [4.69, 9.17) is 4.74 Å². The van der Waals surface area contributed by atoms with Crippen LogP contribution in [0, 0.1) is 0 Å². The minimum atomic E-state index is 0.221. The van der Waals surface area contributed by atoms with E-state index in [1.165, 1.54) is 16.7 Å². The molecule has 0 spiro atoms. The van der Waals surface area contributed by atoms with Gasteiger partial charge in [-0.05, 0) is 30.7 Å². The number of nitrogens with one attached hydrogen (secondary N) is 1. The molecule has 3 aromatic rings. The fourth-order valence-electron chi connectivity index (χ4n) is 3.48. The molecule has 0 saturated heterocycles. The quantitative estimate of drug-likeness (QED) is 0.789. The van der Waals surface area contributed by atoms with Crippen molar-refractivity contribution in [3.8, 4) is 5.75 Å². The molecule has 1 atom stereocenters. The fourth-order valence-corrected chi connectivity index (χ4v) is 3.48. The Hall–Kier alpha value is -2.33. The summed E-state index contributed by atoms with van der Waals surface area (Å²) in [7, 11) is 3.91. The molecule has 1 aliphatic heterocycles. The highest BCUT2D eigenvalue weighted by atomic mass is 16.5. The van der Waals surface area contributed by atoms with Crippen molar-refractivity contribution >= 4 is 10.9 Å². The molecule has 2 heterocycles. The average Bonchev–Trinajstić information content (AvgIpc) is 3.01. The molecule has 22 heavy (non-hydrogen) atoms. The van der Waals surface area contributed by atoms with Crippen molar-refractivity contribution in [3.63, 3.8) is 0 Å². The Labute approximate surface area is 129 Å². The van der Waals surface area contributed by atoms with Gasteiger partial charge in [-0.3, -0.25) is 10.00 Å². The van der Waals surface area contributed by atoms with E-state index >= 15 is 0 Å². The number of aromatic nitrogens is 2. The number of aromatic amines is 1. The third-order valence-corrected chi connectivity index (χ3v) is 4.61. The van der Waals surface area contributed by atoms with Gasteiger partial charge in [0.2, 0.25) is 0 Å². The minimum Gasteiger partial charge on any atom is -0.496 e. The number of methoxy groups -OCH3 is 1. The van der Waals surface area contributed by atoms with Crippen molar-refractivity contribution in [2.24, 2.45) is 0 Å². The molecule has 0 amide bonds. The Morgan fingerprint density at radius 1 is 1.23 bits per heavy atom. The SMILES string of the molecule is COc1cc2[nH]ncc2cc1C1c2ccccc2CCN1C. The summed E-state index contributed by atoms with van der Waals surface area (Å²) in [6, 6.07) is 13.2. The van der Waals surface area contributed by atoms with E-state index in [0.717, 1.165) is 29.6 Å². The van der Waals surface area contributed by atoms with E-state index < -0.39 is 0 Å². The van der Waals surface area contributed by atoms with Crippen LogP contribution < -0.4 is 4.74 Å². The largest absolute Gasteiger partial charge is 0.496 e. The molecule has 4 rings (SSSR count). The summed E-state index contributed by atoms with van der Waals surface area (Å²) in [6.45, 7) is 1.05. The maximum atomic E-state index is 5.66. The summed E-state index contributed by atoms with van der Waals surface area (Å²) in [4.78, 5) is 2.39. The number of rotatable bonds is 2. The molecule has 2 aromatic carbocycles. The van der Waals surface area contributed by atoms with E-state index in [2.05, 4.69) is 52.5 Å². The average molecular weight is 293 g/mol. The summed E-state index contributed by atoms with van der Waals surface area (Å²) in [5, 5.41) is 8.26. The Balaban J connectivity index is 1.93. The number of ether oxygens (including phenoxy) is 1. The molecule has 1 aromatic heterocycles. The molecule has 112 valence electrons. The maximum absolute atomic E-state index is 5.66. The Morgan fingerprint density at radius 3 is 2.95 bits per heavy atom. The van der Waals surface area contributed by atoms with Crippen molar-refractivity contribution in [1.82, 2.24) is 15.1 Å². The van der Waals surface area contributed by atoms with E-state index in [-0.39, 0.29) is 6.04 Å². The van der Waals surface area contributed by atoms with Gasteiger partial charge in [0.1, 0.15) is 5.75 Å². The van der Waals surface area contributed by atoms with Gasteiger partial charge in [0.05, 0.1) is 24.9 Å². The molecule has 4 heteroatoms. The van der Waals surface area contributed by atoms with Gasteiger partial charge in [-0.1, -0.05) is 24.3 Å². The third kappa shape index (κ3) is 1.99. The lowest BCUT2D eigenvalue weighted by molar-refractivity contribution is 0.258. The lowest BCUT2D eigenvalue weighted by Crippen LogP contribution is -2.33. The van der Waals surface area contributed by atoms with Gasteiger partial charge >= 0.3 is 0 Å². The molecule has 1 unspecified atom stereocenters. The first-order chi connectivity index (χ1) is 10.8. The van der Waals surface area contributed by atoms with Gasteiger partial charge in [0.25, 0.3) is 0 Å². The minimum absolute atomic E-state index is 0.221. The van der Waals surface area contributed by atoms with Gasteiger partial charge in [0.15, 0.2) is 0 Å². The van der Waals surface area contributed by atoms with Crippen LogP contribution in [0.4, 0.5) is 0 Å².